The molecular formula is C18H31N3. The first kappa shape index (κ1) is 16.5. The summed E-state index contributed by atoms with van der Waals surface area (Å²) in [6.07, 6.45) is 4.95. The van der Waals surface area contributed by atoms with Gasteiger partial charge in [0.25, 0.3) is 0 Å². The summed E-state index contributed by atoms with van der Waals surface area (Å²) in [5.41, 5.74) is 7.60. The van der Waals surface area contributed by atoms with Gasteiger partial charge in [-0.2, -0.15) is 0 Å². The molecule has 21 heavy (non-hydrogen) atoms. The number of likely N-dealkylation sites (N-methyl/N-ethyl adjacent to an activating group) is 1. The van der Waals surface area contributed by atoms with Crippen molar-refractivity contribution in [2.45, 2.75) is 38.1 Å². The molecule has 0 bridgehead atoms. The number of hydrogen-bond donors (Lipinski definition) is 1. The van der Waals surface area contributed by atoms with Crippen LogP contribution in [-0.2, 0) is 6.42 Å². The van der Waals surface area contributed by atoms with Crippen LogP contribution >= 0.6 is 0 Å². The van der Waals surface area contributed by atoms with Crippen molar-refractivity contribution in [3.63, 3.8) is 0 Å². The standard InChI is InChI=1S/C18H31N3/c1-18(16-19,11-10-17-8-4-3-5-9-17)20(2)14-15-21-12-6-7-13-21/h3-5,8-9H,6-7,10-16,19H2,1-2H3. The van der Waals surface area contributed by atoms with E-state index in [1.54, 1.807) is 0 Å². The van der Waals surface area contributed by atoms with E-state index in [0.717, 1.165) is 25.9 Å². The van der Waals surface area contributed by atoms with Crippen LogP contribution in [0.25, 0.3) is 0 Å². The normalized spacial score (nSPS) is 19.0. The van der Waals surface area contributed by atoms with E-state index in [0.29, 0.717) is 0 Å². The zero-order chi connectivity index (χ0) is 15.1. The molecule has 1 aromatic carbocycles. The Labute approximate surface area is 130 Å². The van der Waals surface area contributed by atoms with Gasteiger partial charge in [0.15, 0.2) is 0 Å². The van der Waals surface area contributed by atoms with Gasteiger partial charge >= 0.3 is 0 Å². The average molecular weight is 289 g/mol. The molecule has 3 heteroatoms. The van der Waals surface area contributed by atoms with E-state index in [4.69, 9.17) is 5.73 Å². The molecule has 1 atom stereocenters. The lowest BCUT2D eigenvalue weighted by molar-refractivity contribution is 0.120. The van der Waals surface area contributed by atoms with Crippen molar-refractivity contribution in [2.24, 2.45) is 5.73 Å². The molecule has 3 nitrogen and oxygen atoms in total. The Hall–Kier alpha value is -0.900. The van der Waals surface area contributed by atoms with E-state index in [9.17, 15) is 0 Å². The first-order valence-corrected chi connectivity index (χ1v) is 8.32. The second-order valence-corrected chi connectivity index (χ2v) is 6.66. The molecule has 0 saturated carbocycles. The lowest BCUT2D eigenvalue weighted by Crippen LogP contribution is -2.52. The van der Waals surface area contributed by atoms with Gasteiger partial charge in [-0.1, -0.05) is 30.3 Å². The van der Waals surface area contributed by atoms with Crippen molar-refractivity contribution in [1.29, 1.82) is 0 Å². The van der Waals surface area contributed by atoms with Gasteiger partial charge in [0.2, 0.25) is 0 Å². The summed E-state index contributed by atoms with van der Waals surface area (Å²) in [5, 5.41) is 0. The smallest absolute Gasteiger partial charge is 0.0304 e. The van der Waals surface area contributed by atoms with E-state index >= 15 is 0 Å². The third kappa shape index (κ3) is 4.80. The molecule has 1 unspecified atom stereocenters. The number of nitrogens with two attached hydrogens (primary N) is 1. The molecule has 0 amide bonds. The van der Waals surface area contributed by atoms with Crippen molar-refractivity contribution in [2.75, 3.05) is 39.8 Å². The van der Waals surface area contributed by atoms with Gasteiger partial charge in [0.1, 0.15) is 0 Å². The number of rotatable bonds is 8. The van der Waals surface area contributed by atoms with E-state index < -0.39 is 0 Å². The fourth-order valence-electron chi connectivity index (χ4n) is 3.07. The lowest BCUT2D eigenvalue weighted by atomic mass is 9.91. The highest BCUT2D eigenvalue weighted by Crippen LogP contribution is 2.20. The third-order valence-corrected chi connectivity index (χ3v) is 5.11. The Bertz CT molecular complexity index is 400. The molecule has 1 saturated heterocycles. The minimum Gasteiger partial charge on any atom is -0.329 e. The highest BCUT2D eigenvalue weighted by Gasteiger charge is 2.27. The van der Waals surface area contributed by atoms with Crippen molar-refractivity contribution < 1.29 is 0 Å². The quantitative estimate of drug-likeness (QED) is 0.797. The molecule has 1 aliphatic heterocycles. The maximum absolute atomic E-state index is 6.10. The number of nitrogens with zero attached hydrogens (tertiary/aromatic N) is 2. The lowest BCUT2D eigenvalue weighted by Gasteiger charge is -2.39. The van der Waals surface area contributed by atoms with Gasteiger partial charge in [0.05, 0.1) is 0 Å². The van der Waals surface area contributed by atoms with Crippen molar-refractivity contribution in [3.05, 3.63) is 35.9 Å². The summed E-state index contributed by atoms with van der Waals surface area (Å²) in [5.74, 6) is 0. The molecule has 2 N–H and O–H groups in total. The Balaban J connectivity index is 1.82. The monoisotopic (exact) mass is 289 g/mol. The topological polar surface area (TPSA) is 32.5 Å². The van der Waals surface area contributed by atoms with Crippen LogP contribution in [0.3, 0.4) is 0 Å². The molecule has 1 heterocycles. The first-order valence-electron chi connectivity index (χ1n) is 8.32. The SMILES string of the molecule is CN(CCN1CCCC1)C(C)(CN)CCc1ccccc1. The van der Waals surface area contributed by atoms with Crippen LogP contribution in [0.15, 0.2) is 30.3 Å². The largest absolute Gasteiger partial charge is 0.329 e. The van der Waals surface area contributed by atoms with Crippen LogP contribution in [0.1, 0.15) is 31.7 Å². The second-order valence-electron chi connectivity index (χ2n) is 6.66. The van der Waals surface area contributed by atoms with Crippen LogP contribution < -0.4 is 5.73 Å². The molecule has 0 spiro atoms. The summed E-state index contributed by atoms with van der Waals surface area (Å²) in [7, 11) is 2.23. The van der Waals surface area contributed by atoms with Gasteiger partial charge in [-0.3, -0.25) is 4.90 Å². The number of aryl methyl sites for hydroxylation is 1. The summed E-state index contributed by atoms with van der Waals surface area (Å²) >= 11 is 0. The molecule has 1 aromatic rings. The molecule has 0 aromatic heterocycles. The minimum atomic E-state index is 0.0928. The Morgan fingerprint density at radius 1 is 1.19 bits per heavy atom. The predicted octanol–water partition coefficient (Wildman–Crippen LogP) is 2.36. The molecule has 0 radical (unpaired) electrons. The number of hydrogen-bond acceptors (Lipinski definition) is 3. The van der Waals surface area contributed by atoms with Gasteiger partial charge in [-0.25, -0.2) is 0 Å². The van der Waals surface area contributed by atoms with E-state index in [2.05, 4.69) is 54.1 Å². The zero-order valence-electron chi connectivity index (χ0n) is 13.7. The van der Waals surface area contributed by atoms with Crippen LogP contribution in [0.5, 0.6) is 0 Å². The van der Waals surface area contributed by atoms with Gasteiger partial charge in [0, 0.05) is 25.2 Å². The Morgan fingerprint density at radius 3 is 2.48 bits per heavy atom. The predicted molar refractivity (Wildman–Crippen MR) is 90.5 cm³/mol. The molecule has 118 valence electrons. The van der Waals surface area contributed by atoms with Crippen molar-refractivity contribution in [3.8, 4) is 0 Å². The molecule has 0 aliphatic carbocycles. The minimum absolute atomic E-state index is 0.0928. The van der Waals surface area contributed by atoms with Gasteiger partial charge in [-0.05, 0) is 58.3 Å². The molecule has 1 aliphatic rings. The fourth-order valence-corrected chi connectivity index (χ4v) is 3.07. The van der Waals surface area contributed by atoms with Crippen LogP contribution in [0, 0.1) is 0 Å². The zero-order valence-corrected chi connectivity index (χ0v) is 13.7. The summed E-state index contributed by atoms with van der Waals surface area (Å²) in [4.78, 5) is 5.04. The Morgan fingerprint density at radius 2 is 1.86 bits per heavy atom. The molecule has 1 fully saturated rings. The fraction of sp³-hybridized carbons (Fsp3) is 0.667. The van der Waals surface area contributed by atoms with E-state index in [1.165, 1.54) is 38.0 Å². The third-order valence-electron chi connectivity index (χ3n) is 5.11. The maximum Gasteiger partial charge on any atom is 0.0304 e. The van der Waals surface area contributed by atoms with Crippen molar-refractivity contribution >= 4 is 0 Å². The average Bonchev–Trinajstić information content (AvgIpc) is 3.04. The first-order chi connectivity index (χ1) is 10.1. The highest BCUT2D eigenvalue weighted by molar-refractivity contribution is 5.15. The Kier molecular flexibility index (Phi) is 6.22. The highest BCUT2D eigenvalue weighted by atomic mass is 15.2. The van der Waals surface area contributed by atoms with E-state index in [-0.39, 0.29) is 5.54 Å². The number of benzene rings is 1. The molecular weight excluding hydrogens is 258 g/mol. The van der Waals surface area contributed by atoms with Crippen LogP contribution in [-0.4, -0.2) is 55.1 Å². The summed E-state index contributed by atoms with van der Waals surface area (Å²) in [6.45, 7) is 7.87. The molecule has 2 rings (SSSR count). The van der Waals surface area contributed by atoms with Crippen LogP contribution in [0.2, 0.25) is 0 Å². The number of likely N-dealkylation sites (tertiary alicyclic amines) is 1. The van der Waals surface area contributed by atoms with Gasteiger partial charge < -0.3 is 10.6 Å². The summed E-state index contributed by atoms with van der Waals surface area (Å²) in [6, 6.07) is 10.7. The second kappa shape index (κ2) is 7.92. The van der Waals surface area contributed by atoms with Crippen LogP contribution in [0.4, 0.5) is 0 Å². The van der Waals surface area contributed by atoms with Crippen molar-refractivity contribution in [1.82, 2.24) is 9.80 Å². The van der Waals surface area contributed by atoms with Gasteiger partial charge in [-0.15, -0.1) is 0 Å². The summed E-state index contributed by atoms with van der Waals surface area (Å²) < 4.78 is 0. The maximum atomic E-state index is 6.10. The van der Waals surface area contributed by atoms with E-state index in [1.807, 2.05) is 0 Å².